The molecule has 19 heavy (non-hydrogen) atoms. The van der Waals surface area contributed by atoms with Crippen molar-refractivity contribution in [2.45, 2.75) is 0 Å². The molecule has 1 aromatic heterocycles. The van der Waals surface area contributed by atoms with Gasteiger partial charge < -0.3 is 10.3 Å². The van der Waals surface area contributed by atoms with Crippen LogP contribution in [0.3, 0.4) is 0 Å². The van der Waals surface area contributed by atoms with Crippen LogP contribution in [-0.2, 0) is 10.0 Å². The Bertz CT molecular complexity index is 691. The highest BCUT2D eigenvalue weighted by molar-refractivity contribution is 7.88. The summed E-state index contributed by atoms with van der Waals surface area (Å²) in [5, 5.41) is 3.52. The van der Waals surface area contributed by atoms with Gasteiger partial charge in [0, 0.05) is 35.8 Å². The van der Waals surface area contributed by atoms with E-state index >= 15 is 0 Å². The van der Waals surface area contributed by atoms with Gasteiger partial charge in [-0.3, -0.25) is 4.79 Å². The third-order valence-corrected chi connectivity index (χ3v) is 3.34. The Morgan fingerprint density at radius 2 is 2.05 bits per heavy atom. The van der Waals surface area contributed by atoms with Gasteiger partial charge in [0.15, 0.2) is 0 Å². The molecule has 6 nitrogen and oxygen atoms in total. The van der Waals surface area contributed by atoms with E-state index in [0.717, 1.165) is 17.2 Å². The molecule has 7 heteroatoms. The van der Waals surface area contributed by atoms with Gasteiger partial charge in [0.2, 0.25) is 10.0 Å². The van der Waals surface area contributed by atoms with Gasteiger partial charge in [-0.2, -0.15) is 0 Å². The molecule has 0 radical (unpaired) electrons. The number of benzene rings is 1. The highest BCUT2D eigenvalue weighted by atomic mass is 32.2. The molecule has 0 saturated heterocycles. The lowest BCUT2D eigenvalue weighted by molar-refractivity contribution is 0.0956. The number of nitrogens with one attached hydrogen (secondary N) is 3. The van der Waals surface area contributed by atoms with E-state index in [9.17, 15) is 13.2 Å². The lowest BCUT2D eigenvalue weighted by Gasteiger charge is -2.06. The molecule has 1 amide bonds. The van der Waals surface area contributed by atoms with Crippen molar-refractivity contribution in [1.82, 2.24) is 15.0 Å². The number of rotatable bonds is 5. The van der Waals surface area contributed by atoms with Gasteiger partial charge in [-0.05, 0) is 18.2 Å². The first-order chi connectivity index (χ1) is 8.97. The van der Waals surface area contributed by atoms with Gasteiger partial charge in [-0.1, -0.05) is 6.07 Å². The average molecular weight is 281 g/mol. The largest absolute Gasteiger partial charge is 0.361 e. The van der Waals surface area contributed by atoms with E-state index < -0.39 is 10.0 Å². The van der Waals surface area contributed by atoms with E-state index in [1.165, 1.54) is 0 Å². The number of aromatic nitrogens is 1. The van der Waals surface area contributed by atoms with Crippen LogP contribution in [0.2, 0.25) is 0 Å². The van der Waals surface area contributed by atoms with Crippen molar-refractivity contribution in [3.05, 3.63) is 36.0 Å². The summed E-state index contributed by atoms with van der Waals surface area (Å²) in [6.07, 6.45) is 2.85. The molecule has 1 aromatic carbocycles. The first kappa shape index (κ1) is 13.6. The lowest BCUT2D eigenvalue weighted by Crippen LogP contribution is -2.34. The Morgan fingerprint density at radius 3 is 2.79 bits per heavy atom. The normalized spacial score (nSPS) is 11.6. The molecule has 0 bridgehead atoms. The highest BCUT2D eigenvalue weighted by Crippen LogP contribution is 2.16. The molecule has 0 spiro atoms. The third kappa shape index (κ3) is 3.55. The predicted molar refractivity (Wildman–Crippen MR) is 73.5 cm³/mol. The number of H-pyrrole nitrogens is 1. The van der Waals surface area contributed by atoms with Crippen molar-refractivity contribution in [3.8, 4) is 0 Å². The first-order valence-electron chi connectivity index (χ1n) is 5.76. The van der Waals surface area contributed by atoms with E-state index in [-0.39, 0.29) is 19.0 Å². The second kappa shape index (κ2) is 5.41. The number of carbonyl (C=O) groups is 1. The van der Waals surface area contributed by atoms with E-state index in [1.54, 1.807) is 18.3 Å². The zero-order valence-corrected chi connectivity index (χ0v) is 11.3. The second-order valence-electron chi connectivity index (χ2n) is 4.17. The summed E-state index contributed by atoms with van der Waals surface area (Å²) in [6, 6.07) is 7.24. The van der Waals surface area contributed by atoms with Crippen LogP contribution in [0.1, 0.15) is 10.4 Å². The number of amides is 1. The molecule has 0 unspecified atom stereocenters. The number of sulfonamides is 1. The zero-order chi connectivity index (χ0) is 13.9. The molecule has 0 saturated carbocycles. The average Bonchev–Trinajstić information content (AvgIpc) is 2.81. The fraction of sp³-hybridized carbons (Fsp3) is 0.250. The van der Waals surface area contributed by atoms with Gasteiger partial charge in [0.05, 0.1) is 6.26 Å². The molecule has 1 heterocycles. The van der Waals surface area contributed by atoms with Crippen LogP contribution in [0.15, 0.2) is 30.5 Å². The summed E-state index contributed by atoms with van der Waals surface area (Å²) in [5.41, 5.74) is 1.46. The zero-order valence-electron chi connectivity index (χ0n) is 10.4. The Balaban J connectivity index is 1.99. The Labute approximate surface area is 111 Å². The maximum absolute atomic E-state index is 12.0. The van der Waals surface area contributed by atoms with Gasteiger partial charge in [0.25, 0.3) is 5.91 Å². The molecular weight excluding hydrogens is 266 g/mol. The monoisotopic (exact) mass is 281 g/mol. The summed E-state index contributed by atoms with van der Waals surface area (Å²) in [4.78, 5) is 15.0. The number of aromatic amines is 1. The summed E-state index contributed by atoms with van der Waals surface area (Å²) >= 11 is 0. The minimum absolute atomic E-state index is 0.174. The Kier molecular flexibility index (Phi) is 3.87. The van der Waals surface area contributed by atoms with Crippen LogP contribution < -0.4 is 10.0 Å². The molecule has 0 aliphatic carbocycles. The fourth-order valence-electron chi connectivity index (χ4n) is 1.79. The summed E-state index contributed by atoms with van der Waals surface area (Å²) < 4.78 is 24.0. The SMILES string of the molecule is CS(=O)(=O)NCCNC(=O)c1cccc2[nH]ccc12. The van der Waals surface area contributed by atoms with Gasteiger partial charge >= 0.3 is 0 Å². The minimum Gasteiger partial charge on any atom is -0.361 e. The van der Waals surface area contributed by atoms with E-state index in [0.29, 0.717) is 5.56 Å². The lowest BCUT2D eigenvalue weighted by atomic mass is 10.1. The molecule has 0 aliphatic heterocycles. The third-order valence-electron chi connectivity index (χ3n) is 2.61. The van der Waals surface area contributed by atoms with Crippen LogP contribution in [0, 0.1) is 0 Å². The van der Waals surface area contributed by atoms with Crippen LogP contribution in [0.5, 0.6) is 0 Å². The second-order valence-corrected chi connectivity index (χ2v) is 6.00. The summed E-state index contributed by atoms with van der Waals surface area (Å²) in [5.74, 6) is -0.222. The molecule has 2 aromatic rings. The fourth-order valence-corrected chi connectivity index (χ4v) is 2.26. The van der Waals surface area contributed by atoms with Gasteiger partial charge in [0.1, 0.15) is 0 Å². The molecule has 0 atom stereocenters. The quantitative estimate of drug-likeness (QED) is 0.695. The molecule has 0 aliphatic rings. The molecule has 3 N–H and O–H groups in total. The maximum atomic E-state index is 12.0. The standard InChI is InChI=1S/C12H15N3O3S/c1-19(17,18)15-8-7-14-12(16)10-3-2-4-11-9(10)5-6-13-11/h2-6,13,15H,7-8H2,1H3,(H,14,16). The van der Waals surface area contributed by atoms with Crippen LogP contribution in [0.4, 0.5) is 0 Å². The number of hydrogen-bond acceptors (Lipinski definition) is 3. The van der Waals surface area contributed by atoms with Crippen molar-refractivity contribution in [3.63, 3.8) is 0 Å². The van der Waals surface area contributed by atoms with Crippen LogP contribution in [-0.4, -0.2) is 38.7 Å². The summed E-state index contributed by atoms with van der Waals surface area (Å²) in [7, 11) is -3.22. The van der Waals surface area contributed by atoms with Crippen molar-refractivity contribution in [1.29, 1.82) is 0 Å². The van der Waals surface area contributed by atoms with Crippen molar-refractivity contribution < 1.29 is 13.2 Å². The number of hydrogen-bond donors (Lipinski definition) is 3. The Morgan fingerprint density at radius 1 is 1.26 bits per heavy atom. The number of carbonyl (C=O) groups excluding carboxylic acids is 1. The van der Waals surface area contributed by atoms with Gasteiger partial charge in [-0.15, -0.1) is 0 Å². The van der Waals surface area contributed by atoms with E-state index in [1.807, 2.05) is 12.1 Å². The molecule has 2 rings (SSSR count). The molecule has 0 fully saturated rings. The van der Waals surface area contributed by atoms with Crippen molar-refractivity contribution >= 4 is 26.8 Å². The maximum Gasteiger partial charge on any atom is 0.252 e. The van der Waals surface area contributed by atoms with Crippen LogP contribution >= 0.6 is 0 Å². The summed E-state index contributed by atoms with van der Waals surface area (Å²) in [6.45, 7) is 0.417. The van der Waals surface area contributed by atoms with Crippen LogP contribution in [0.25, 0.3) is 10.9 Å². The topological polar surface area (TPSA) is 91.1 Å². The molecule has 102 valence electrons. The van der Waals surface area contributed by atoms with Crippen molar-refractivity contribution in [2.24, 2.45) is 0 Å². The number of fused-ring (bicyclic) bond motifs is 1. The first-order valence-corrected chi connectivity index (χ1v) is 7.65. The smallest absolute Gasteiger partial charge is 0.252 e. The Hall–Kier alpha value is -1.86. The minimum atomic E-state index is -3.22. The molecular formula is C12H15N3O3S. The van der Waals surface area contributed by atoms with E-state index in [4.69, 9.17) is 0 Å². The van der Waals surface area contributed by atoms with E-state index in [2.05, 4.69) is 15.0 Å². The predicted octanol–water partition coefficient (Wildman–Crippen LogP) is 0.447. The van der Waals surface area contributed by atoms with Gasteiger partial charge in [-0.25, -0.2) is 13.1 Å². The highest BCUT2D eigenvalue weighted by Gasteiger charge is 2.09. The van der Waals surface area contributed by atoms with Crippen molar-refractivity contribution in [2.75, 3.05) is 19.3 Å².